The van der Waals surface area contributed by atoms with Crippen molar-refractivity contribution < 1.29 is 28.7 Å². The summed E-state index contributed by atoms with van der Waals surface area (Å²) in [4.78, 5) is 64.4. The third kappa shape index (κ3) is 17.0. The second-order valence-corrected chi connectivity index (χ2v) is 13.3. The summed E-state index contributed by atoms with van der Waals surface area (Å²) in [5.74, 6) is -2.20. The second kappa shape index (κ2) is 21.9. The lowest BCUT2D eigenvalue weighted by Crippen LogP contribution is -2.60. The molecule has 11 heteroatoms. The van der Waals surface area contributed by atoms with Crippen molar-refractivity contribution in [2.45, 2.75) is 144 Å². The van der Waals surface area contributed by atoms with E-state index in [-0.39, 0.29) is 30.2 Å². The van der Waals surface area contributed by atoms with Crippen molar-refractivity contribution in [2.24, 2.45) is 17.8 Å². The molecule has 44 heavy (non-hydrogen) atoms. The van der Waals surface area contributed by atoms with Crippen LogP contribution in [0.4, 0.5) is 0 Å². The SMILES string of the molecule is CCCCCCCCN[C@@H](CC(C)C)C(=O)NC(C)(C)C(=O)NCC(=O)N[C@H](C(=O)N[C@@H](CC(C)C)C(=O)OC)[C@@H](C)CC. The van der Waals surface area contributed by atoms with Crippen LogP contribution in [0.2, 0.25) is 0 Å². The number of esters is 1. The number of nitrogens with one attached hydrogen (secondary N) is 5. The molecule has 0 spiro atoms. The maximum Gasteiger partial charge on any atom is 0.328 e. The number of hydrogen-bond acceptors (Lipinski definition) is 7. The first-order chi connectivity index (χ1) is 20.6. The van der Waals surface area contributed by atoms with Gasteiger partial charge in [-0.2, -0.15) is 0 Å². The number of unbranched alkanes of at least 4 members (excludes halogenated alkanes) is 5. The van der Waals surface area contributed by atoms with Gasteiger partial charge in [-0.1, -0.05) is 87.0 Å². The highest BCUT2D eigenvalue weighted by atomic mass is 16.5. The zero-order valence-electron chi connectivity index (χ0n) is 29.2. The normalized spacial score (nSPS) is 14.4. The van der Waals surface area contributed by atoms with E-state index in [9.17, 15) is 24.0 Å². The van der Waals surface area contributed by atoms with Crippen LogP contribution in [-0.4, -0.2) is 73.5 Å². The minimum Gasteiger partial charge on any atom is -0.467 e. The van der Waals surface area contributed by atoms with E-state index in [1.54, 1.807) is 13.8 Å². The van der Waals surface area contributed by atoms with Crippen LogP contribution in [0.1, 0.15) is 120 Å². The van der Waals surface area contributed by atoms with Crippen molar-refractivity contribution >= 4 is 29.6 Å². The molecule has 256 valence electrons. The van der Waals surface area contributed by atoms with Gasteiger partial charge in [-0.3, -0.25) is 19.2 Å². The Hall–Kier alpha value is -2.69. The highest BCUT2D eigenvalue weighted by Crippen LogP contribution is 2.12. The van der Waals surface area contributed by atoms with Gasteiger partial charge in [0, 0.05) is 0 Å². The number of carbonyl (C=O) groups is 5. The van der Waals surface area contributed by atoms with E-state index >= 15 is 0 Å². The fraction of sp³-hybridized carbons (Fsp3) is 0.848. The second-order valence-electron chi connectivity index (χ2n) is 13.3. The zero-order chi connectivity index (χ0) is 33.9. The molecule has 0 saturated heterocycles. The first-order valence-electron chi connectivity index (χ1n) is 16.6. The molecule has 4 amide bonds. The van der Waals surface area contributed by atoms with Crippen LogP contribution in [0, 0.1) is 17.8 Å². The van der Waals surface area contributed by atoms with Gasteiger partial charge in [0.1, 0.15) is 17.6 Å². The summed E-state index contributed by atoms with van der Waals surface area (Å²) < 4.78 is 4.84. The Morgan fingerprint density at radius 3 is 1.86 bits per heavy atom. The van der Waals surface area contributed by atoms with Crippen LogP contribution in [-0.2, 0) is 28.7 Å². The first-order valence-corrected chi connectivity index (χ1v) is 16.6. The van der Waals surface area contributed by atoms with Crippen LogP contribution in [0.15, 0.2) is 0 Å². The minimum atomic E-state index is -1.27. The van der Waals surface area contributed by atoms with Crippen molar-refractivity contribution in [3.05, 3.63) is 0 Å². The van der Waals surface area contributed by atoms with Gasteiger partial charge >= 0.3 is 5.97 Å². The lowest BCUT2D eigenvalue weighted by atomic mass is 9.97. The van der Waals surface area contributed by atoms with E-state index < -0.39 is 47.4 Å². The summed E-state index contributed by atoms with van der Waals surface area (Å²) in [6.07, 6.45) is 8.59. The minimum absolute atomic E-state index is 0.131. The molecule has 0 unspecified atom stereocenters. The standard InChI is InChI=1S/C33H63N5O6/c1-11-13-14-15-16-17-18-34-25(19-22(3)4)29(40)38-33(8,9)32(43)35-21-27(39)37-28(24(7)12-2)30(41)36-26(20-23(5)6)31(42)44-10/h22-26,28,34H,11-21H2,1-10H3,(H,35,43)(H,36,41)(H,37,39)(H,38,40)/t24-,25-,26-,28-/m0/s1. The number of hydrogen-bond donors (Lipinski definition) is 5. The maximum absolute atomic E-state index is 13.2. The van der Waals surface area contributed by atoms with Crippen LogP contribution in [0.25, 0.3) is 0 Å². The molecule has 0 aromatic heterocycles. The molecule has 4 atom stereocenters. The summed E-state index contributed by atoms with van der Waals surface area (Å²) in [6.45, 7) is 17.4. The third-order valence-electron chi connectivity index (χ3n) is 7.68. The fourth-order valence-electron chi connectivity index (χ4n) is 4.79. The molecule has 0 fully saturated rings. The van der Waals surface area contributed by atoms with Crippen molar-refractivity contribution in [1.29, 1.82) is 0 Å². The van der Waals surface area contributed by atoms with Gasteiger partial charge in [-0.25, -0.2) is 4.79 Å². The van der Waals surface area contributed by atoms with Gasteiger partial charge in [-0.15, -0.1) is 0 Å². The van der Waals surface area contributed by atoms with Crippen molar-refractivity contribution in [1.82, 2.24) is 26.6 Å². The van der Waals surface area contributed by atoms with Gasteiger partial charge in [0.15, 0.2) is 0 Å². The zero-order valence-corrected chi connectivity index (χ0v) is 29.2. The smallest absolute Gasteiger partial charge is 0.328 e. The van der Waals surface area contributed by atoms with E-state index in [0.717, 1.165) is 19.4 Å². The van der Waals surface area contributed by atoms with E-state index in [2.05, 4.69) is 47.4 Å². The molecule has 0 aromatic rings. The van der Waals surface area contributed by atoms with Crippen molar-refractivity contribution in [3.63, 3.8) is 0 Å². The Bertz CT molecular complexity index is 892. The lowest BCUT2D eigenvalue weighted by Gasteiger charge is -2.29. The molecular formula is C33H63N5O6. The van der Waals surface area contributed by atoms with E-state index in [4.69, 9.17) is 4.74 Å². The maximum atomic E-state index is 13.2. The topological polar surface area (TPSA) is 155 Å². The molecule has 0 aliphatic carbocycles. The summed E-state index contributed by atoms with van der Waals surface area (Å²) in [7, 11) is 1.26. The molecule has 0 aromatic carbocycles. The number of ether oxygens (including phenoxy) is 1. The highest BCUT2D eigenvalue weighted by Gasteiger charge is 2.34. The van der Waals surface area contributed by atoms with E-state index in [1.807, 2.05) is 27.7 Å². The predicted octanol–water partition coefficient (Wildman–Crippen LogP) is 3.60. The van der Waals surface area contributed by atoms with E-state index in [0.29, 0.717) is 19.3 Å². The number of rotatable bonds is 23. The molecule has 0 bridgehead atoms. The summed E-state index contributed by atoms with van der Waals surface area (Å²) in [5, 5.41) is 14.2. The number of carbonyl (C=O) groups excluding carboxylic acids is 5. The fourth-order valence-corrected chi connectivity index (χ4v) is 4.79. The Morgan fingerprint density at radius 1 is 0.750 bits per heavy atom. The molecule has 5 N–H and O–H groups in total. The van der Waals surface area contributed by atoms with Gasteiger partial charge in [-0.05, 0) is 57.4 Å². The van der Waals surface area contributed by atoms with Gasteiger partial charge in [0.2, 0.25) is 23.6 Å². The largest absolute Gasteiger partial charge is 0.467 e. The van der Waals surface area contributed by atoms with Crippen molar-refractivity contribution in [2.75, 3.05) is 20.2 Å². The molecule has 0 radical (unpaired) electrons. The predicted molar refractivity (Wildman–Crippen MR) is 175 cm³/mol. The highest BCUT2D eigenvalue weighted by molar-refractivity contribution is 5.95. The molecule has 0 saturated carbocycles. The Morgan fingerprint density at radius 2 is 1.32 bits per heavy atom. The van der Waals surface area contributed by atoms with Crippen LogP contribution >= 0.6 is 0 Å². The Kier molecular flexibility index (Phi) is 20.6. The Balaban J connectivity index is 5.17. The van der Waals surface area contributed by atoms with E-state index in [1.165, 1.54) is 32.8 Å². The number of methoxy groups -OCH3 is 1. The van der Waals surface area contributed by atoms with Gasteiger partial charge in [0.25, 0.3) is 0 Å². The van der Waals surface area contributed by atoms with Gasteiger partial charge < -0.3 is 31.3 Å². The molecule has 0 heterocycles. The summed E-state index contributed by atoms with van der Waals surface area (Å²) >= 11 is 0. The number of amides is 4. The molecule has 0 aliphatic rings. The Labute approximate surface area is 266 Å². The summed E-state index contributed by atoms with van der Waals surface area (Å²) in [6, 6.07) is -2.17. The lowest BCUT2D eigenvalue weighted by molar-refractivity contribution is -0.146. The van der Waals surface area contributed by atoms with Crippen molar-refractivity contribution in [3.8, 4) is 0 Å². The summed E-state index contributed by atoms with van der Waals surface area (Å²) in [5.41, 5.74) is -1.27. The van der Waals surface area contributed by atoms with Crippen LogP contribution in [0.5, 0.6) is 0 Å². The third-order valence-corrected chi connectivity index (χ3v) is 7.68. The first kappa shape index (κ1) is 41.3. The van der Waals surface area contributed by atoms with Crippen LogP contribution < -0.4 is 26.6 Å². The average Bonchev–Trinajstić information content (AvgIpc) is 2.95. The average molecular weight is 626 g/mol. The molecule has 0 aliphatic heterocycles. The monoisotopic (exact) mass is 625 g/mol. The van der Waals surface area contributed by atoms with Gasteiger partial charge in [0.05, 0.1) is 19.7 Å². The quantitative estimate of drug-likeness (QED) is 0.0859. The molecular weight excluding hydrogens is 562 g/mol. The van der Waals surface area contributed by atoms with Crippen LogP contribution in [0.3, 0.4) is 0 Å². The molecule has 11 nitrogen and oxygen atoms in total. The molecule has 0 rings (SSSR count).